The van der Waals surface area contributed by atoms with Gasteiger partial charge in [0.2, 0.25) is 0 Å². The van der Waals surface area contributed by atoms with Crippen molar-refractivity contribution in [1.82, 2.24) is 14.9 Å². The van der Waals surface area contributed by atoms with Crippen LogP contribution in [0.4, 0.5) is 0 Å². The maximum absolute atomic E-state index is 6.23. The monoisotopic (exact) mass is 359 g/mol. The van der Waals surface area contributed by atoms with E-state index in [9.17, 15) is 0 Å². The van der Waals surface area contributed by atoms with Crippen LogP contribution in [-0.2, 0) is 13.1 Å². The SMILES string of the molecule is CCOc1cc(CNCCCn2ccnc2)cc(Cl)c1OC.Cl. The van der Waals surface area contributed by atoms with Gasteiger partial charge in [0.15, 0.2) is 11.5 Å². The molecular formula is C16H23Cl2N3O2. The lowest BCUT2D eigenvalue weighted by molar-refractivity contribution is 0.310. The lowest BCUT2D eigenvalue weighted by Crippen LogP contribution is -2.16. The predicted octanol–water partition coefficient (Wildman–Crippen LogP) is 3.55. The summed E-state index contributed by atoms with van der Waals surface area (Å²) in [6.45, 7) is 5.14. The minimum atomic E-state index is 0. The Morgan fingerprint density at radius 1 is 1.35 bits per heavy atom. The van der Waals surface area contributed by atoms with Gasteiger partial charge in [-0.3, -0.25) is 0 Å². The fourth-order valence-electron chi connectivity index (χ4n) is 2.22. The molecule has 0 aliphatic rings. The molecule has 5 nitrogen and oxygen atoms in total. The summed E-state index contributed by atoms with van der Waals surface area (Å²) in [7, 11) is 1.60. The van der Waals surface area contributed by atoms with E-state index in [2.05, 4.69) is 14.9 Å². The highest BCUT2D eigenvalue weighted by atomic mass is 35.5. The second-order valence-corrected chi connectivity index (χ2v) is 5.28. The molecule has 1 N–H and O–H groups in total. The van der Waals surface area contributed by atoms with Gasteiger partial charge in [-0.15, -0.1) is 12.4 Å². The Hall–Kier alpha value is -1.43. The molecule has 0 bridgehead atoms. The van der Waals surface area contributed by atoms with Crippen LogP contribution in [0.3, 0.4) is 0 Å². The van der Waals surface area contributed by atoms with E-state index in [0.29, 0.717) is 23.1 Å². The Kier molecular flexibility index (Phi) is 8.84. The molecule has 0 radical (unpaired) electrons. The number of aryl methyl sites for hydroxylation is 1. The summed E-state index contributed by atoms with van der Waals surface area (Å²) in [6.07, 6.45) is 6.63. The molecule has 0 spiro atoms. The van der Waals surface area contributed by atoms with Crippen LogP contribution < -0.4 is 14.8 Å². The van der Waals surface area contributed by atoms with E-state index >= 15 is 0 Å². The molecule has 0 atom stereocenters. The van der Waals surface area contributed by atoms with Crippen LogP contribution in [0.1, 0.15) is 18.9 Å². The highest BCUT2D eigenvalue weighted by molar-refractivity contribution is 6.32. The fourth-order valence-corrected chi connectivity index (χ4v) is 2.53. The molecule has 0 aliphatic carbocycles. The highest BCUT2D eigenvalue weighted by Gasteiger charge is 2.11. The van der Waals surface area contributed by atoms with Gasteiger partial charge in [-0.25, -0.2) is 4.98 Å². The summed E-state index contributed by atoms with van der Waals surface area (Å²) in [6, 6.07) is 3.88. The Balaban J connectivity index is 0.00000264. The molecule has 23 heavy (non-hydrogen) atoms. The van der Waals surface area contributed by atoms with Crippen LogP contribution in [0, 0.1) is 0 Å². The van der Waals surface area contributed by atoms with Gasteiger partial charge in [0, 0.05) is 25.5 Å². The standard InChI is InChI=1S/C16H22ClN3O2.ClH/c1-3-22-15-10-13(9-14(17)16(15)21-2)11-18-5-4-7-20-8-6-19-12-20;/h6,8-10,12,18H,3-5,7,11H2,1-2H3;1H. The average Bonchev–Trinajstić information content (AvgIpc) is 3.00. The minimum absolute atomic E-state index is 0. The first-order valence-corrected chi connectivity index (χ1v) is 7.78. The van der Waals surface area contributed by atoms with Gasteiger partial charge in [-0.05, 0) is 37.6 Å². The lowest BCUT2D eigenvalue weighted by Gasteiger charge is -2.13. The number of hydrogen-bond donors (Lipinski definition) is 1. The second kappa shape index (κ2) is 10.4. The molecule has 2 aromatic rings. The zero-order chi connectivity index (χ0) is 15.8. The smallest absolute Gasteiger partial charge is 0.179 e. The molecule has 1 aromatic carbocycles. The van der Waals surface area contributed by atoms with Crippen LogP contribution in [-0.4, -0.2) is 29.8 Å². The third-order valence-corrected chi connectivity index (χ3v) is 3.51. The van der Waals surface area contributed by atoms with Crippen molar-refractivity contribution in [2.75, 3.05) is 20.3 Å². The topological polar surface area (TPSA) is 48.3 Å². The number of aromatic nitrogens is 2. The first-order valence-electron chi connectivity index (χ1n) is 7.40. The summed E-state index contributed by atoms with van der Waals surface area (Å²) in [4.78, 5) is 4.02. The Bertz CT molecular complexity index is 577. The van der Waals surface area contributed by atoms with Crippen LogP contribution in [0.25, 0.3) is 0 Å². The van der Waals surface area contributed by atoms with Crippen molar-refractivity contribution in [3.63, 3.8) is 0 Å². The number of imidazole rings is 1. The second-order valence-electron chi connectivity index (χ2n) is 4.87. The molecule has 1 heterocycles. The first-order chi connectivity index (χ1) is 10.7. The number of ether oxygens (including phenoxy) is 2. The summed E-state index contributed by atoms with van der Waals surface area (Å²) < 4.78 is 12.9. The molecule has 1 aromatic heterocycles. The quantitative estimate of drug-likeness (QED) is 0.695. The zero-order valence-electron chi connectivity index (χ0n) is 13.4. The van der Waals surface area contributed by atoms with E-state index in [0.717, 1.165) is 31.6 Å². The number of rotatable bonds is 9. The van der Waals surface area contributed by atoms with E-state index < -0.39 is 0 Å². The van der Waals surface area contributed by atoms with Crippen LogP contribution in [0.2, 0.25) is 5.02 Å². The number of benzene rings is 1. The van der Waals surface area contributed by atoms with Crippen molar-refractivity contribution in [3.8, 4) is 11.5 Å². The normalized spacial score (nSPS) is 10.2. The van der Waals surface area contributed by atoms with Crippen LogP contribution in [0.5, 0.6) is 11.5 Å². The first kappa shape index (κ1) is 19.6. The van der Waals surface area contributed by atoms with E-state index in [1.807, 2.05) is 31.6 Å². The summed E-state index contributed by atoms with van der Waals surface area (Å²) in [5, 5.41) is 3.98. The third kappa shape index (κ3) is 5.94. The molecule has 0 aliphatic heterocycles. The van der Waals surface area contributed by atoms with Crippen molar-refractivity contribution in [2.24, 2.45) is 0 Å². The maximum Gasteiger partial charge on any atom is 0.179 e. The van der Waals surface area contributed by atoms with Gasteiger partial charge in [0.05, 0.1) is 25.1 Å². The molecule has 7 heteroatoms. The molecule has 0 saturated heterocycles. The number of nitrogens with one attached hydrogen (secondary N) is 1. The van der Waals surface area contributed by atoms with Crippen LogP contribution >= 0.6 is 24.0 Å². The van der Waals surface area contributed by atoms with Gasteiger partial charge < -0.3 is 19.4 Å². The van der Waals surface area contributed by atoms with Crippen molar-refractivity contribution in [2.45, 2.75) is 26.4 Å². The molecule has 128 valence electrons. The molecule has 0 saturated carbocycles. The number of methoxy groups -OCH3 is 1. The zero-order valence-corrected chi connectivity index (χ0v) is 15.0. The van der Waals surface area contributed by atoms with Crippen molar-refractivity contribution < 1.29 is 9.47 Å². The predicted molar refractivity (Wildman–Crippen MR) is 95.0 cm³/mol. The summed E-state index contributed by atoms with van der Waals surface area (Å²) in [5.41, 5.74) is 1.08. The van der Waals surface area contributed by atoms with Crippen LogP contribution in [0.15, 0.2) is 30.9 Å². The molecule has 0 amide bonds. The molecular weight excluding hydrogens is 337 g/mol. The van der Waals surface area contributed by atoms with Gasteiger partial charge in [0.1, 0.15) is 0 Å². The number of halogens is 2. The Labute approximate surface area is 148 Å². The Morgan fingerprint density at radius 2 is 2.17 bits per heavy atom. The van der Waals surface area contributed by atoms with E-state index in [1.165, 1.54) is 0 Å². The largest absolute Gasteiger partial charge is 0.491 e. The molecule has 0 fully saturated rings. The lowest BCUT2D eigenvalue weighted by atomic mass is 10.2. The number of nitrogens with zero attached hydrogens (tertiary/aromatic N) is 2. The van der Waals surface area contributed by atoms with Gasteiger partial charge in [-0.1, -0.05) is 11.6 Å². The maximum atomic E-state index is 6.23. The van der Waals surface area contributed by atoms with Crippen molar-refractivity contribution >= 4 is 24.0 Å². The third-order valence-electron chi connectivity index (χ3n) is 3.23. The van der Waals surface area contributed by atoms with Gasteiger partial charge in [0.25, 0.3) is 0 Å². The summed E-state index contributed by atoms with van der Waals surface area (Å²) >= 11 is 6.23. The Morgan fingerprint density at radius 3 is 2.83 bits per heavy atom. The van der Waals surface area contributed by atoms with Gasteiger partial charge in [-0.2, -0.15) is 0 Å². The van der Waals surface area contributed by atoms with Crippen molar-refractivity contribution in [1.29, 1.82) is 0 Å². The molecule has 0 unspecified atom stereocenters. The average molecular weight is 360 g/mol. The van der Waals surface area contributed by atoms with Crippen molar-refractivity contribution in [3.05, 3.63) is 41.4 Å². The molecule has 2 rings (SSSR count). The van der Waals surface area contributed by atoms with E-state index in [1.54, 1.807) is 13.3 Å². The van der Waals surface area contributed by atoms with Gasteiger partial charge >= 0.3 is 0 Å². The minimum Gasteiger partial charge on any atom is -0.491 e. The fraction of sp³-hybridized carbons (Fsp3) is 0.438. The highest BCUT2D eigenvalue weighted by Crippen LogP contribution is 2.36. The van der Waals surface area contributed by atoms with E-state index in [4.69, 9.17) is 21.1 Å². The van der Waals surface area contributed by atoms with E-state index in [-0.39, 0.29) is 12.4 Å². The number of hydrogen-bond acceptors (Lipinski definition) is 4. The summed E-state index contributed by atoms with van der Waals surface area (Å²) in [5.74, 6) is 1.28.